The zero-order valence-corrected chi connectivity index (χ0v) is 12.7. The van der Waals surface area contributed by atoms with Gasteiger partial charge in [0, 0.05) is 43.8 Å². The molecule has 0 fully saturated rings. The number of nitrogens with zero attached hydrogens (tertiary/aromatic N) is 1. The summed E-state index contributed by atoms with van der Waals surface area (Å²) < 4.78 is 6.39. The van der Waals surface area contributed by atoms with Crippen molar-refractivity contribution in [1.29, 1.82) is 0 Å². The first-order chi connectivity index (χ1) is 10.0. The molecule has 1 amide bonds. The molecule has 0 saturated heterocycles. The summed E-state index contributed by atoms with van der Waals surface area (Å²) in [5.74, 6) is -0.376. The summed E-state index contributed by atoms with van der Waals surface area (Å²) in [6, 6.07) is 5.13. The van der Waals surface area contributed by atoms with E-state index in [4.69, 9.17) is 16.3 Å². The largest absolute Gasteiger partial charge is 0.385 e. The molecule has 1 N–H and O–H groups in total. The molecule has 1 aromatic heterocycles. The average Bonchev–Trinajstić information content (AvgIpc) is 2.82. The number of carbonyl (C=O) groups excluding carboxylic acids is 2. The van der Waals surface area contributed by atoms with Crippen molar-refractivity contribution in [2.45, 2.75) is 13.3 Å². The van der Waals surface area contributed by atoms with Crippen LogP contribution in [0.2, 0.25) is 5.02 Å². The number of ether oxygens (including phenoxy) is 1. The average molecular weight is 309 g/mol. The van der Waals surface area contributed by atoms with Crippen molar-refractivity contribution >= 4 is 34.3 Å². The molecule has 1 aromatic carbocycles. The lowest BCUT2D eigenvalue weighted by Crippen LogP contribution is -2.25. The molecule has 0 spiro atoms. The molecule has 0 aliphatic rings. The van der Waals surface area contributed by atoms with Crippen LogP contribution < -0.4 is 5.32 Å². The molecular formula is C15H17ClN2O3. The molecular weight excluding hydrogens is 292 g/mol. The topological polar surface area (TPSA) is 60.3 Å². The van der Waals surface area contributed by atoms with Crippen LogP contribution in [0.5, 0.6) is 0 Å². The number of fused-ring (bicyclic) bond motifs is 1. The maximum absolute atomic E-state index is 12.2. The van der Waals surface area contributed by atoms with Crippen LogP contribution in [0.25, 0.3) is 10.9 Å². The van der Waals surface area contributed by atoms with E-state index in [0.717, 1.165) is 6.42 Å². The van der Waals surface area contributed by atoms with Gasteiger partial charge in [-0.3, -0.25) is 14.2 Å². The highest BCUT2D eigenvalue weighted by molar-refractivity contribution is 6.31. The van der Waals surface area contributed by atoms with E-state index in [9.17, 15) is 9.59 Å². The number of carbonyl (C=O) groups is 2. The quantitative estimate of drug-likeness (QED) is 0.864. The molecule has 5 nitrogen and oxygen atoms in total. The van der Waals surface area contributed by atoms with Crippen molar-refractivity contribution in [1.82, 2.24) is 9.88 Å². The number of benzene rings is 1. The second kappa shape index (κ2) is 6.74. The van der Waals surface area contributed by atoms with E-state index in [1.54, 1.807) is 31.5 Å². The number of aromatic nitrogens is 1. The van der Waals surface area contributed by atoms with E-state index in [2.05, 4.69) is 5.32 Å². The maximum Gasteiger partial charge on any atom is 0.253 e. The number of rotatable bonds is 5. The fourth-order valence-electron chi connectivity index (χ4n) is 2.16. The van der Waals surface area contributed by atoms with Crippen LogP contribution in [0.1, 0.15) is 28.5 Å². The minimum Gasteiger partial charge on any atom is -0.385 e. The Bertz CT molecular complexity index is 679. The SMILES string of the molecule is COCCCNC(=O)c1cn(C(C)=O)c2ccc(Cl)cc12. The van der Waals surface area contributed by atoms with Crippen LogP contribution >= 0.6 is 11.6 Å². The molecule has 2 aromatic rings. The van der Waals surface area contributed by atoms with Gasteiger partial charge in [0.25, 0.3) is 5.91 Å². The first-order valence-electron chi connectivity index (χ1n) is 6.63. The maximum atomic E-state index is 12.2. The molecule has 112 valence electrons. The standard InChI is InChI=1S/C15H17ClN2O3/c1-10(19)18-9-13(15(20)17-6-3-7-21-2)12-8-11(16)4-5-14(12)18/h4-5,8-9H,3,6-7H2,1-2H3,(H,17,20). The molecule has 0 bridgehead atoms. The number of hydrogen-bond donors (Lipinski definition) is 1. The summed E-state index contributed by atoms with van der Waals surface area (Å²) >= 11 is 5.99. The van der Waals surface area contributed by atoms with Crippen LogP contribution in [-0.2, 0) is 4.74 Å². The first kappa shape index (κ1) is 15.5. The highest BCUT2D eigenvalue weighted by atomic mass is 35.5. The van der Waals surface area contributed by atoms with Crippen LogP contribution in [0.4, 0.5) is 0 Å². The lowest BCUT2D eigenvalue weighted by atomic mass is 10.1. The van der Waals surface area contributed by atoms with Gasteiger partial charge in [-0.15, -0.1) is 0 Å². The minimum atomic E-state index is -0.224. The third kappa shape index (κ3) is 3.43. The molecule has 0 aliphatic heterocycles. The zero-order valence-electron chi connectivity index (χ0n) is 12.0. The van der Waals surface area contributed by atoms with Crippen molar-refractivity contribution < 1.29 is 14.3 Å². The Labute approximate surface area is 127 Å². The normalized spacial score (nSPS) is 10.8. The van der Waals surface area contributed by atoms with Crippen LogP contribution in [0, 0.1) is 0 Å². The van der Waals surface area contributed by atoms with E-state index >= 15 is 0 Å². The molecule has 21 heavy (non-hydrogen) atoms. The fraction of sp³-hybridized carbons (Fsp3) is 0.333. The van der Waals surface area contributed by atoms with E-state index in [-0.39, 0.29) is 11.8 Å². The van der Waals surface area contributed by atoms with Gasteiger partial charge in [0.1, 0.15) is 0 Å². The van der Waals surface area contributed by atoms with Gasteiger partial charge in [0.05, 0.1) is 11.1 Å². The van der Waals surface area contributed by atoms with Gasteiger partial charge in [0.15, 0.2) is 0 Å². The van der Waals surface area contributed by atoms with Crippen LogP contribution in [0.3, 0.4) is 0 Å². The predicted octanol–water partition coefficient (Wildman–Crippen LogP) is 2.72. The van der Waals surface area contributed by atoms with E-state index in [1.807, 2.05) is 0 Å². The highest BCUT2D eigenvalue weighted by Crippen LogP contribution is 2.25. The Kier molecular flexibility index (Phi) is 4.98. The van der Waals surface area contributed by atoms with Crippen LogP contribution in [0.15, 0.2) is 24.4 Å². The number of halogens is 1. The Morgan fingerprint density at radius 2 is 2.14 bits per heavy atom. The molecule has 1 heterocycles. The number of amides is 1. The third-order valence-corrected chi connectivity index (χ3v) is 3.40. The van der Waals surface area contributed by atoms with Crippen LogP contribution in [-0.4, -0.2) is 36.6 Å². The number of hydrogen-bond acceptors (Lipinski definition) is 3. The van der Waals surface area contributed by atoms with Gasteiger partial charge in [-0.2, -0.15) is 0 Å². The third-order valence-electron chi connectivity index (χ3n) is 3.16. The van der Waals surface area contributed by atoms with Gasteiger partial charge < -0.3 is 10.1 Å². The summed E-state index contributed by atoms with van der Waals surface area (Å²) in [6.45, 7) is 2.55. The Hall–Kier alpha value is -1.85. The van der Waals surface area contributed by atoms with Gasteiger partial charge >= 0.3 is 0 Å². The van der Waals surface area contributed by atoms with Gasteiger partial charge in [-0.1, -0.05) is 11.6 Å². The molecule has 2 rings (SSSR count). The van der Waals surface area contributed by atoms with Crippen molar-refractivity contribution in [3.63, 3.8) is 0 Å². The second-order valence-corrected chi connectivity index (χ2v) is 5.13. The van der Waals surface area contributed by atoms with Gasteiger partial charge in [-0.25, -0.2) is 0 Å². The summed E-state index contributed by atoms with van der Waals surface area (Å²) in [5, 5.41) is 4.00. The summed E-state index contributed by atoms with van der Waals surface area (Å²) in [6.07, 6.45) is 2.28. The summed E-state index contributed by atoms with van der Waals surface area (Å²) in [4.78, 5) is 23.9. The fourth-order valence-corrected chi connectivity index (χ4v) is 2.33. The smallest absolute Gasteiger partial charge is 0.253 e. The lowest BCUT2D eigenvalue weighted by Gasteiger charge is -2.03. The lowest BCUT2D eigenvalue weighted by molar-refractivity contribution is 0.0941. The molecule has 0 radical (unpaired) electrons. The van der Waals surface area contributed by atoms with Crippen molar-refractivity contribution in [2.24, 2.45) is 0 Å². The Morgan fingerprint density at radius 3 is 2.81 bits per heavy atom. The van der Waals surface area contributed by atoms with Crippen molar-refractivity contribution in [3.8, 4) is 0 Å². The zero-order chi connectivity index (χ0) is 15.4. The van der Waals surface area contributed by atoms with Crippen molar-refractivity contribution in [2.75, 3.05) is 20.3 Å². The summed E-state index contributed by atoms with van der Waals surface area (Å²) in [7, 11) is 1.62. The Balaban J connectivity index is 2.32. The number of nitrogens with one attached hydrogen (secondary N) is 1. The van der Waals surface area contributed by atoms with Gasteiger partial charge in [-0.05, 0) is 24.6 Å². The van der Waals surface area contributed by atoms with Crippen molar-refractivity contribution in [3.05, 3.63) is 35.0 Å². The van der Waals surface area contributed by atoms with E-state index in [0.29, 0.717) is 34.6 Å². The number of methoxy groups -OCH3 is 1. The first-order valence-corrected chi connectivity index (χ1v) is 7.01. The van der Waals surface area contributed by atoms with E-state index in [1.165, 1.54) is 11.5 Å². The highest BCUT2D eigenvalue weighted by Gasteiger charge is 2.16. The summed E-state index contributed by atoms with van der Waals surface area (Å²) in [5.41, 5.74) is 1.12. The molecule has 0 saturated carbocycles. The molecule has 0 unspecified atom stereocenters. The second-order valence-electron chi connectivity index (χ2n) is 4.70. The minimum absolute atomic E-state index is 0.152. The van der Waals surface area contributed by atoms with E-state index < -0.39 is 0 Å². The Morgan fingerprint density at radius 1 is 1.38 bits per heavy atom. The van der Waals surface area contributed by atoms with Gasteiger partial charge in [0.2, 0.25) is 5.91 Å². The molecule has 6 heteroatoms. The molecule has 0 atom stereocenters. The molecule has 0 aliphatic carbocycles. The monoisotopic (exact) mass is 308 g/mol. The predicted molar refractivity (Wildman–Crippen MR) is 82.1 cm³/mol.